The van der Waals surface area contributed by atoms with Crippen molar-refractivity contribution in [2.75, 3.05) is 18.0 Å². The van der Waals surface area contributed by atoms with Gasteiger partial charge < -0.3 is 10.1 Å². The van der Waals surface area contributed by atoms with E-state index in [1.165, 1.54) is 4.31 Å². The molecule has 0 radical (unpaired) electrons. The van der Waals surface area contributed by atoms with Crippen LogP contribution in [0.3, 0.4) is 0 Å². The number of carbonyl (C=O) groups is 1. The Labute approximate surface area is 189 Å². The highest BCUT2D eigenvalue weighted by Gasteiger charge is 2.35. The van der Waals surface area contributed by atoms with Crippen LogP contribution in [0, 0.1) is 6.92 Å². The molecule has 1 amide bonds. The van der Waals surface area contributed by atoms with Crippen molar-refractivity contribution in [3.8, 4) is 5.75 Å². The van der Waals surface area contributed by atoms with Crippen LogP contribution >= 0.6 is 11.6 Å². The second-order valence-corrected chi connectivity index (χ2v) is 10.4. The maximum atomic E-state index is 13.5. The van der Waals surface area contributed by atoms with Crippen LogP contribution in [0.1, 0.15) is 43.2 Å². The molecule has 0 atom stereocenters. The normalized spacial score (nSPS) is 14.8. The van der Waals surface area contributed by atoms with Gasteiger partial charge in [0.15, 0.2) is 0 Å². The van der Waals surface area contributed by atoms with Gasteiger partial charge in [-0.05, 0) is 55.2 Å². The van der Waals surface area contributed by atoms with E-state index in [1.807, 2.05) is 24.3 Å². The van der Waals surface area contributed by atoms with E-state index in [9.17, 15) is 13.2 Å². The summed E-state index contributed by atoms with van der Waals surface area (Å²) in [7, 11) is -2.11. The van der Waals surface area contributed by atoms with Crippen molar-refractivity contribution in [3.05, 3.63) is 58.6 Å². The number of carbonyl (C=O) groups excluding carboxylic acids is 1. The number of anilines is 1. The van der Waals surface area contributed by atoms with Crippen LogP contribution in [0.4, 0.5) is 5.69 Å². The molecule has 1 aliphatic rings. The quantitative estimate of drug-likeness (QED) is 0.626. The molecule has 0 saturated heterocycles. The summed E-state index contributed by atoms with van der Waals surface area (Å²) in [4.78, 5) is 12.8. The molecule has 0 unspecified atom stereocenters. The lowest BCUT2D eigenvalue weighted by atomic mass is 10.0. The Morgan fingerprint density at radius 3 is 2.45 bits per heavy atom. The molecule has 0 heterocycles. The summed E-state index contributed by atoms with van der Waals surface area (Å²) in [6.07, 6.45) is 4.05. The van der Waals surface area contributed by atoms with Gasteiger partial charge in [0, 0.05) is 11.6 Å². The van der Waals surface area contributed by atoms with Gasteiger partial charge >= 0.3 is 0 Å². The smallest absolute Gasteiger partial charge is 0.241 e. The van der Waals surface area contributed by atoms with Gasteiger partial charge in [-0.15, -0.1) is 0 Å². The Balaban J connectivity index is 1.80. The zero-order valence-corrected chi connectivity index (χ0v) is 19.5. The van der Waals surface area contributed by atoms with Crippen LogP contribution in [0.25, 0.3) is 0 Å². The molecule has 168 valence electrons. The number of sulfonamides is 1. The van der Waals surface area contributed by atoms with Gasteiger partial charge in [0.05, 0.1) is 18.0 Å². The lowest BCUT2D eigenvalue weighted by Crippen LogP contribution is -2.45. The Morgan fingerprint density at radius 1 is 1.13 bits per heavy atom. The summed E-state index contributed by atoms with van der Waals surface area (Å²) in [5.74, 6) is 0.367. The lowest BCUT2D eigenvalue weighted by molar-refractivity contribution is -0.119. The molecule has 0 aromatic heterocycles. The Bertz CT molecular complexity index is 1000. The molecule has 0 bridgehead atoms. The fourth-order valence-electron chi connectivity index (χ4n) is 3.85. The predicted octanol–water partition coefficient (Wildman–Crippen LogP) is 4.44. The predicted molar refractivity (Wildman–Crippen MR) is 124 cm³/mol. The second kappa shape index (κ2) is 10.4. The molecule has 3 rings (SSSR count). The molecular weight excluding hydrogens is 436 g/mol. The number of halogens is 1. The molecule has 8 heteroatoms. The van der Waals surface area contributed by atoms with Crippen molar-refractivity contribution >= 4 is 33.2 Å². The number of hydrogen-bond donors (Lipinski definition) is 1. The number of nitrogens with zero attached hydrogens (tertiary/aromatic N) is 1. The molecule has 1 aliphatic carbocycles. The summed E-state index contributed by atoms with van der Waals surface area (Å²) in [5, 5.41) is 2.82. The highest BCUT2D eigenvalue weighted by molar-refractivity contribution is 7.93. The van der Waals surface area contributed by atoms with Crippen molar-refractivity contribution in [2.24, 2.45) is 0 Å². The monoisotopic (exact) mass is 464 g/mol. The van der Waals surface area contributed by atoms with Crippen molar-refractivity contribution in [2.45, 2.75) is 50.8 Å². The first-order valence-corrected chi connectivity index (χ1v) is 12.4. The van der Waals surface area contributed by atoms with Crippen LogP contribution in [0.5, 0.6) is 5.75 Å². The minimum atomic E-state index is -3.71. The van der Waals surface area contributed by atoms with Gasteiger partial charge in [-0.25, -0.2) is 8.42 Å². The second-order valence-electron chi connectivity index (χ2n) is 7.82. The van der Waals surface area contributed by atoms with E-state index in [2.05, 4.69) is 5.32 Å². The van der Waals surface area contributed by atoms with Crippen LogP contribution in [0.2, 0.25) is 5.02 Å². The number of methoxy groups -OCH3 is 1. The fourth-order valence-corrected chi connectivity index (χ4v) is 6.08. The van der Waals surface area contributed by atoms with Crippen LogP contribution < -0.4 is 14.4 Å². The maximum Gasteiger partial charge on any atom is 0.241 e. The summed E-state index contributed by atoms with van der Waals surface area (Å²) >= 11 is 6.26. The van der Waals surface area contributed by atoms with Crippen molar-refractivity contribution in [3.63, 3.8) is 0 Å². The molecule has 1 N–H and O–H groups in total. The number of hydrogen-bond acceptors (Lipinski definition) is 4. The van der Waals surface area contributed by atoms with Crippen LogP contribution in [-0.4, -0.2) is 33.2 Å². The van der Waals surface area contributed by atoms with E-state index in [1.54, 1.807) is 32.2 Å². The highest BCUT2D eigenvalue weighted by Crippen LogP contribution is 2.33. The van der Waals surface area contributed by atoms with E-state index in [0.29, 0.717) is 35.7 Å². The van der Waals surface area contributed by atoms with Gasteiger partial charge in [0.2, 0.25) is 15.9 Å². The molecule has 6 nitrogen and oxygen atoms in total. The van der Waals surface area contributed by atoms with Crippen molar-refractivity contribution in [1.82, 2.24) is 5.32 Å². The standard InChI is InChI=1S/C23H29ClN2O4S/c1-17-21(24)9-6-10-22(17)26(31(28,29)20-7-4-3-5-8-20)16-23(27)25-15-18-11-13-19(30-2)14-12-18/h6,9-14,20H,3-5,7-8,15-16H2,1-2H3,(H,25,27). The summed E-state index contributed by atoms with van der Waals surface area (Å²) < 4.78 is 33.4. The third-order valence-corrected chi connectivity index (χ3v) is 8.39. The van der Waals surface area contributed by atoms with E-state index >= 15 is 0 Å². The third kappa shape index (κ3) is 5.71. The fraction of sp³-hybridized carbons (Fsp3) is 0.435. The first-order chi connectivity index (χ1) is 14.8. The van der Waals surface area contributed by atoms with Gasteiger partial charge in [-0.3, -0.25) is 9.10 Å². The number of nitrogens with one attached hydrogen (secondary N) is 1. The zero-order valence-electron chi connectivity index (χ0n) is 17.9. The van der Waals surface area contributed by atoms with E-state index in [4.69, 9.17) is 16.3 Å². The molecule has 2 aromatic carbocycles. The zero-order chi connectivity index (χ0) is 22.4. The van der Waals surface area contributed by atoms with Crippen LogP contribution in [0.15, 0.2) is 42.5 Å². The number of ether oxygens (including phenoxy) is 1. The number of amides is 1. The molecular formula is C23H29ClN2O4S. The molecule has 2 aromatic rings. The van der Waals surface area contributed by atoms with E-state index in [0.717, 1.165) is 30.6 Å². The van der Waals surface area contributed by atoms with E-state index < -0.39 is 15.3 Å². The number of rotatable bonds is 8. The Hall–Kier alpha value is -2.25. The van der Waals surface area contributed by atoms with Gasteiger partial charge in [-0.1, -0.05) is 49.1 Å². The topological polar surface area (TPSA) is 75.7 Å². The molecule has 1 fully saturated rings. The van der Waals surface area contributed by atoms with Gasteiger partial charge in [-0.2, -0.15) is 0 Å². The molecule has 31 heavy (non-hydrogen) atoms. The SMILES string of the molecule is COc1ccc(CNC(=O)CN(c2cccc(Cl)c2C)S(=O)(=O)C2CCCCC2)cc1. The largest absolute Gasteiger partial charge is 0.497 e. The lowest BCUT2D eigenvalue weighted by Gasteiger charge is -2.31. The molecule has 1 saturated carbocycles. The van der Waals surface area contributed by atoms with Gasteiger partial charge in [0.1, 0.15) is 12.3 Å². The average molecular weight is 465 g/mol. The minimum Gasteiger partial charge on any atom is -0.497 e. The summed E-state index contributed by atoms with van der Waals surface area (Å²) in [6.45, 7) is 1.79. The first kappa shape index (κ1) is 23.4. The van der Waals surface area contributed by atoms with E-state index in [-0.39, 0.29) is 12.5 Å². The molecule has 0 spiro atoms. The number of benzene rings is 2. The summed E-state index contributed by atoms with van der Waals surface area (Å²) in [6, 6.07) is 12.5. The van der Waals surface area contributed by atoms with Crippen molar-refractivity contribution < 1.29 is 17.9 Å². The third-order valence-electron chi connectivity index (χ3n) is 5.72. The summed E-state index contributed by atoms with van der Waals surface area (Å²) in [5.41, 5.74) is 2.00. The highest BCUT2D eigenvalue weighted by atomic mass is 35.5. The average Bonchev–Trinajstić information content (AvgIpc) is 2.79. The first-order valence-electron chi connectivity index (χ1n) is 10.5. The maximum absolute atomic E-state index is 13.5. The van der Waals surface area contributed by atoms with Gasteiger partial charge in [0.25, 0.3) is 0 Å². The van der Waals surface area contributed by atoms with Crippen LogP contribution in [-0.2, 0) is 21.4 Å². The van der Waals surface area contributed by atoms with Crippen molar-refractivity contribution in [1.29, 1.82) is 0 Å². The Morgan fingerprint density at radius 2 is 1.81 bits per heavy atom. The Kier molecular flexibility index (Phi) is 7.84. The molecule has 0 aliphatic heterocycles. The minimum absolute atomic E-state index is 0.282.